The zero-order chi connectivity index (χ0) is 36.2. The van der Waals surface area contributed by atoms with Crippen LogP contribution < -0.4 is 4.90 Å². The molecule has 12 heteroatoms. The van der Waals surface area contributed by atoms with Crippen LogP contribution in [0.4, 0.5) is 5.69 Å². The van der Waals surface area contributed by atoms with Gasteiger partial charge in [-0.25, -0.2) is 4.90 Å². The van der Waals surface area contributed by atoms with E-state index in [9.17, 15) is 19.2 Å². The third-order valence-electron chi connectivity index (χ3n) is 10.1. The molecular formula is C40H24Br4N4O4. The number of pyridine rings is 2. The van der Waals surface area contributed by atoms with Crippen LogP contribution in [-0.4, -0.2) is 45.0 Å². The van der Waals surface area contributed by atoms with Crippen LogP contribution in [0.2, 0.25) is 0 Å². The standard InChI is InChI=1S/C40H24Br4N4O4/c1-2-3-4-7-12-47-37(49)19-14-23(41)31-33-25(43)16-21-30-22(17-26(44)34(36(30)33)32-24(42)15-20(38(47)50)29(19)35(31)32)40(52)48(39(21)51)18-9-11-46-28(13-18)27-8-5-6-10-45-27/h5-6,8-11,13-17H,2-4,7,12H2,1H3. The smallest absolute Gasteiger partial charge is 0.266 e. The molecule has 2 aromatic heterocycles. The van der Waals surface area contributed by atoms with Gasteiger partial charge in [0.05, 0.1) is 28.2 Å². The van der Waals surface area contributed by atoms with Gasteiger partial charge in [0.15, 0.2) is 0 Å². The van der Waals surface area contributed by atoms with Gasteiger partial charge in [-0.2, -0.15) is 0 Å². The fraction of sp³-hybridized carbons (Fsp3) is 0.150. The van der Waals surface area contributed by atoms with Crippen molar-refractivity contribution in [3.05, 3.63) is 107 Å². The molecule has 256 valence electrons. The van der Waals surface area contributed by atoms with Crippen LogP contribution in [0, 0.1) is 0 Å². The van der Waals surface area contributed by atoms with Crippen LogP contribution >= 0.6 is 63.7 Å². The molecule has 0 spiro atoms. The van der Waals surface area contributed by atoms with Crippen molar-refractivity contribution in [2.24, 2.45) is 0 Å². The van der Waals surface area contributed by atoms with Crippen molar-refractivity contribution in [3.63, 3.8) is 0 Å². The van der Waals surface area contributed by atoms with Gasteiger partial charge in [0, 0.05) is 91.0 Å². The number of hydrogen-bond donors (Lipinski definition) is 0. The molecule has 2 aliphatic heterocycles. The number of carbonyl (C=O) groups excluding carboxylic acids is 4. The molecule has 0 aliphatic carbocycles. The Morgan fingerprint density at radius 2 is 1.02 bits per heavy atom. The van der Waals surface area contributed by atoms with Crippen molar-refractivity contribution in [3.8, 4) is 11.4 Å². The Bertz CT molecular complexity index is 2640. The van der Waals surface area contributed by atoms with Gasteiger partial charge in [-0.3, -0.25) is 34.0 Å². The fourth-order valence-corrected chi connectivity index (χ4v) is 10.4. The lowest BCUT2D eigenvalue weighted by molar-refractivity contribution is 0.0607. The number of carbonyl (C=O) groups is 4. The molecule has 0 fully saturated rings. The van der Waals surface area contributed by atoms with Crippen molar-refractivity contribution < 1.29 is 19.2 Å². The van der Waals surface area contributed by atoms with E-state index in [4.69, 9.17) is 0 Å². The first-order valence-corrected chi connectivity index (χ1v) is 19.9. The van der Waals surface area contributed by atoms with Gasteiger partial charge in [-0.05, 0) is 55.0 Å². The number of fused-ring (bicyclic) bond motifs is 2. The minimum Gasteiger partial charge on any atom is -0.274 e. The number of nitrogens with zero attached hydrogens (tertiary/aromatic N) is 4. The zero-order valence-electron chi connectivity index (χ0n) is 27.3. The Balaban J connectivity index is 1.30. The lowest BCUT2D eigenvalue weighted by Crippen LogP contribution is -2.41. The second kappa shape index (κ2) is 12.5. The quantitative estimate of drug-likeness (QED) is 0.0683. The summed E-state index contributed by atoms with van der Waals surface area (Å²) < 4.78 is 2.57. The van der Waals surface area contributed by atoms with Crippen molar-refractivity contribution in [2.45, 2.75) is 32.6 Å². The summed E-state index contributed by atoms with van der Waals surface area (Å²) in [6, 6.07) is 15.9. The lowest BCUT2D eigenvalue weighted by atomic mass is 9.82. The number of rotatable bonds is 7. The molecule has 9 rings (SSSR count). The number of aromatic nitrogens is 2. The van der Waals surface area contributed by atoms with Crippen molar-refractivity contribution >= 4 is 136 Å². The SMILES string of the molecule is CCCCCCN1C(=O)c2cc(Br)c3c4c(Br)cc5c6c(cc(Br)c(c7c(Br)cc(c2c37)C1=O)c64)C(=O)N(c1ccnc(-c2ccccn2)c1)C5=O. The number of amides is 4. The summed E-state index contributed by atoms with van der Waals surface area (Å²) >= 11 is 15.3. The molecule has 4 heterocycles. The molecule has 52 heavy (non-hydrogen) atoms. The highest BCUT2D eigenvalue weighted by atomic mass is 79.9. The predicted molar refractivity (Wildman–Crippen MR) is 217 cm³/mol. The van der Waals surface area contributed by atoms with E-state index in [1.807, 2.05) is 12.1 Å². The van der Waals surface area contributed by atoms with Crippen molar-refractivity contribution in [2.75, 3.05) is 11.4 Å². The maximum absolute atomic E-state index is 14.5. The highest BCUT2D eigenvalue weighted by molar-refractivity contribution is 9.11. The molecule has 0 saturated carbocycles. The van der Waals surface area contributed by atoms with E-state index in [0.717, 1.165) is 52.6 Å². The zero-order valence-corrected chi connectivity index (χ0v) is 33.7. The summed E-state index contributed by atoms with van der Waals surface area (Å²) in [5.41, 5.74) is 3.14. The molecule has 0 atom stereocenters. The Hall–Kier alpha value is -4.10. The molecular weight excluding hydrogens is 920 g/mol. The van der Waals surface area contributed by atoms with Crippen LogP contribution in [0.15, 0.2) is 84.9 Å². The lowest BCUT2D eigenvalue weighted by Gasteiger charge is -2.31. The first kappa shape index (κ1) is 33.7. The second-order valence-corrected chi connectivity index (χ2v) is 16.4. The van der Waals surface area contributed by atoms with Crippen LogP contribution in [0.3, 0.4) is 0 Å². The summed E-state index contributed by atoms with van der Waals surface area (Å²) in [6.45, 7) is 2.48. The van der Waals surface area contributed by atoms with Gasteiger partial charge in [0.1, 0.15) is 0 Å². The molecule has 2 aliphatic rings. The molecule has 0 bridgehead atoms. The van der Waals surface area contributed by atoms with Gasteiger partial charge in [-0.1, -0.05) is 96.0 Å². The van der Waals surface area contributed by atoms with Gasteiger partial charge >= 0.3 is 0 Å². The van der Waals surface area contributed by atoms with Crippen LogP contribution in [0.5, 0.6) is 0 Å². The Morgan fingerprint density at radius 1 is 0.519 bits per heavy atom. The number of hydrogen-bond acceptors (Lipinski definition) is 6. The van der Waals surface area contributed by atoms with E-state index in [0.29, 0.717) is 79.9 Å². The minimum atomic E-state index is -0.472. The Kier molecular flexibility index (Phi) is 8.11. The van der Waals surface area contributed by atoms with E-state index in [-0.39, 0.29) is 11.8 Å². The second-order valence-electron chi connectivity index (χ2n) is 13.0. The summed E-state index contributed by atoms with van der Waals surface area (Å²) in [6.07, 6.45) is 6.99. The van der Waals surface area contributed by atoms with E-state index in [1.54, 1.807) is 54.9 Å². The number of benzene rings is 5. The number of imide groups is 2. The van der Waals surface area contributed by atoms with Crippen LogP contribution in [-0.2, 0) is 0 Å². The van der Waals surface area contributed by atoms with Crippen LogP contribution in [0.1, 0.15) is 74.0 Å². The first-order valence-electron chi connectivity index (χ1n) is 16.7. The Morgan fingerprint density at radius 3 is 1.50 bits per heavy atom. The predicted octanol–water partition coefficient (Wildman–Crippen LogP) is 11.2. The maximum atomic E-state index is 14.5. The number of halogens is 4. The average molecular weight is 944 g/mol. The summed E-state index contributed by atoms with van der Waals surface area (Å²) in [7, 11) is 0. The average Bonchev–Trinajstić information content (AvgIpc) is 3.14. The van der Waals surface area contributed by atoms with Crippen LogP contribution in [0.25, 0.3) is 54.5 Å². The third kappa shape index (κ3) is 4.73. The van der Waals surface area contributed by atoms with Crippen molar-refractivity contribution in [1.82, 2.24) is 14.9 Å². The molecule has 8 nitrogen and oxygen atoms in total. The van der Waals surface area contributed by atoms with E-state index in [1.165, 1.54) is 9.80 Å². The minimum absolute atomic E-state index is 0.317. The molecule has 7 aromatic rings. The monoisotopic (exact) mass is 940 g/mol. The summed E-state index contributed by atoms with van der Waals surface area (Å²) in [5, 5.41) is 5.61. The molecule has 0 radical (unpaired) electrons. The molecule has 0 unspecified atom stereocenters. The number of anilines is 1. The topological polar surface area (TPSA) is 101 Å². The van der Waals surface area contributed by atoms with E-state index >= 15 is 0 Å². The maximum Gasteiger partial charge on any atom is 0.266 e. The molecule has 0 N–H and O–H groups in total. The van der Waals surface area contributed by atoms with Gasteiger partial charge in [0.25, 0.3) is 23.6 Å². The van der Waals surface area contributed by atoms with Crippen molar-refractivity contribution in [1.29, 1.82) is 0 Å². The molecule has 0 saturated heterocycles. The third-order valence-corrected chi connectivity index (χ3v) is 12.6. The highest BCUT2D eigenvalue weighted by Gasteiger charge is 2.40. The fourth-order valence-electron chi connectivity index (χ4n) is 7.86. The normalized spacial score (nSPS) is 14.3. The molecule has 5 aromatic carbocycles. The summed E-state index contributed by atoms with van der Waals surface area (Å²) in [5.74, 6) is -1.58. The van der Waals surface area contributed by atoms with E-state index in [2.05, 4.69) is 80.6 Å². The number of unbranched alkanes of at least 4 members (excludes halogenated alkanes) is 3. The Labute approximate surface area is 330 Å². The van der Waals surface area contributed by atoms with Gasteiger partial charge < -0.3 is 0 Å². The largest absolute Gasteiger partial charge is 0.274 e. The van der Waals surface area contributed by atoms with Gasteiger partial charge in [-0.15, -0.1) is 0 Å². The molecule has 4 amide bonds. The van der Waals surface area contributed by atoms with E-state index < -0.39 is 11.8 Å². The first-order chi connectivity index (χ1) is 25.1. The highest BCUT2D eigenvalue weighted by Crippen LogP contribution is 2.54. The van der Waals surface area contributed by atoms with Gasteiger partial charge in [0.2, 0.25) is 0 Å². The summed E-state index contributed by atoms with van der Waals surface area (Å²) in [4.78, 5) is 68.4.